The number of aliphatic carboxylic acids is 1. The lowest BCUT2D eigenvalue weighted by Crippen LogP contribution is -2.24. The van der Waals surface area contributed by atoms with Gasteiger partial charge in [0.25, 0.3) is 6.10 Å². The van der Waals surface area contributed by atoms with Crippen LogP contribution >= 0.6 is 0 Å². The molecule has 1 N–H and O–H groups in total. The normalized spacial score (nSPS) is 19.5. The van der Waals surface area contributed by atoms with E-state index in [9.17, 15) is 4.79 Å². The summed E-state index contributed by atoms with van der Waals surface area (Å²) in [5.74, 6) is -1.24. The molecule has 1 aliphatic heterocycles. The van der Waals surface area contributed by atoms with Crippen molar-refractivity contribution in [3.63, 3.8) is 0 Å². The number of carboxylic acids is 1. The Kier molecular flexibility index (Phi) is 1.85. The molecule has 5 nitrogen and oxygen atoms in total. The summed E-state index contributed by atoms with van der Waals surface area (Å²) < 4.78 is 0. The maximum Gasteiger partial charge on any atom is 0.349 e. The Balaban J connectivity index is 2.33. The zero-order valence-corrected chi connectivity index (χ0v) is 5.15. The highest BCUT2D eigenvalue weighted by atomic mass is 16.7. The molecule has 1 heterocycles. The highest BCUT2D eigenvalue weighted by molar-refractivity contribution is 5.75. The van der Waals surface area contributed by atoms with Crippen molar-refractivity contribution >= 4 is 5.97 Å². The minimum absolute atomic E-state index is 0.714. The van der Waals surface area contributed by atoms with Gasteiger partial charge in [-0.1, -0.05) is 0 Å². The van der Waals surface area contributed by atoms with Gasteiger partial charge in [-0.2, -0.15) is 10.3 Å². The van der Waals surface area contributed by atoms with Crippen molar-refractivity contribution in [2.75, 3.05) is 13.1 Å². The van der Waals surface area contributed by atoms with Crippen molar-refractivity contribution in [3.05, 3.63) is 0 Å². The highest BCUT2D eigenvalue weighted by Crippen LogP contribution is 2.06. The number of rotatable bonds is 3. The average molecular weight is 142 g/mol. The summed E-state index contributed by atoms with van der Waals surface area (Å²) >= 11 is 0. The molecular formula is C5H6N2O3. The van der Waals surface area contributed by atoms with E-state index in [1.54, 1.807) is 0 Å². The monoisotopic (exact) mass is 142 g/mol. The molecule has 0 spiro atoms. The molecule has 0 saturated carbocycles. The van der Waals surface area contributed by atoms with E-state index in [1.807, 2.05) is 0 Å². The molecular weight excluding hydrogens is 136 g/mol. The largest absolute Gasteiger partial charge is 0.478 e. The van der Waals surface area contributed by atoms with Gasteiger partial charge in [-0.05, 0) is 0 Å². The van der Waals surface area contributed by atoms with Crippen LogP contribution in [0.2, 0.25) is 0 Å². The van der Waals surface area contributed by atoms with E-state index >= 15 is 0 Å². The fraction of sp³-hybridized carbons (Fsp3) is 0.600. The fourth-order valence-electron chi connectivity index (χ4n) is 0.419. The van der Waals surface area contributed by atoms with Crippen LogP contribution in [-0.2, 0) is 9.63 Å². The lowest BCUT2D eigenvalue weighted by Gasteiger charge is -2.03. The molecule has 1 aliphatic rings. The zero-order valence-electron chi connectivity index (χ0n) is 5.15. The second-order valence-corrected chi connectivity index (χ2v) is 1.88. The maximum atomic E-state index is 10.1. The predicted molar refractivity (Wildman–Crippen MR) is 29.7 cm³/mol. The van der Waals surface area contributed by atoms with Crippen molar-refractivity contribution in [3.8, 4) is 6.07 Å². The molecule has 0 amide bonds. The van der Waals surface area contributed by atoms with Gasteiger partial charge in [0.1, 0.15) is 6.07 Å². The molecule has 0 aromatic heterocycles. The minimum Gasteiger partial charge on any atom is -0.478 e. The fourth-order valence-corrected chi connectivity index (χ4v) is 0.419. The van der Waals surface area contributed by atoms with Crippen molar-refractivity contribution in [2.24, 2.45) is 0 Å². The Bertz CT molecular complexity index is 182. The SMILES string of the molecule is N#CC(ON1CC1)C(=O)O. The number of nitriles is 1. The Hall–Kier alpha value is -1.12. The van der Waals surface area contributed by atoms with Crippen molar-refractivity contribution in [1.29, 1.82) is 5.26 Å². The Labute approximate surface area is 57.4 Å². The predicted octanol–water partition coefficient (Wildman–Crippen LogP) is -0.790. The smallest absolute Gasteiger partial charge is 0.349 e. The van der Waals surface area contributed by atoms with E-state index in [2.05, 4.69) is 4.84 Å². The summed E-state index contributed by atoms with van der Waals surface area (Å²) in [6, 6.07) is 1.51. The van der Waals surface area contributed by atoms with Gasteiger partial charge >= 0.3 is 5.97 Å². The molecule has 5 heteroatoms. The van der Waals surface area contributed by atoms with Crippen molar-refractivity contribution < 1.29 is 14.7 Å². The summed E-state index contributed by atoms with van der Waals surface area (Å²) in [6.07, 6.45) is -1.34. The molecule has 1 fully saturated rings. The van der Waals surface area contributed by atoms with E-state index in [4.69, 9.17) is 10.4 Å². The second kappa shape index (κ2) is 2.64. The average Bonchev–Trinajstić information content (AvgIpc) is 2.64. The summed E-state index contributed by atoms with van der Waals surface area (Å²) in [6.45, 7) is 1.43. The standard InChI is InChI=1S/C5H6N2O3/c6-3-4(5(8)9)10-7-1-2-7/h4H,1-2H2,(H,8,9). The molecule has 0 bridgehead atoms. The van der Waals surface area contributed by atoms with Crippen LogP contribution in [0, 0.1) is 11.3 Å². The molecule has 1 atom stereocenters. The van der Waals surface area contributed by atoms with Gasteiger partial charge in [0.2, 0.25) is 0 Å². The molecule has 1 rings (SSSR count). The lowest BCUT2D eigenvalue weighted by molar-refractivity contribution is -0.163. The van der Waals surface area contributed by atoms with Crippen LogP contribution in [0.3, 0.4) is 0 Å². The Morgan fingerprint density at radius 3 is 2.70 bits per heavy atom. The number of hydrogen-bond donors (Lipinski definition) is 1. The van der Waals surface area contributed by atoms with Crippen LogP contribution in [0.1, 0.15) is 0 Å². The van der Waals surface area contributed by atoms with Crippen molar-refractivity contribution in [1.82, 2.24) is 5.06 Å². The van der Waals surface area contributed by atoms with Crippen LogP contribution in [0.4, 0.5) is 0 Å². The summed E-state index contributed by atoms with van der Waals surface area (Å²) in [7, 11) is 0. The quantitative estimate of drug-likeness (QED) is 0.523. The Morgan fingerprint density at radius 1 is 1.80 bits per heavy atom. The van der Waals surface area contributed by atoms with Gasteiger partial charge in [-0.3, -0.25) is 4.84 Å². The molecule has 0 aromatic carbocycles. The third kappa shape index (κ3) is 1.69. The van der Waals surface area contributed by atoms with Gasteiger partial charge in [-0.15, -0.1) is 0 Å². The second-order valence-electron chi connectivity index (χ2n) is 1.88. The van der Waals surface area contributed by atoms with Crippen LogP contribution in [-0.4, -0.2) is 35.3 Å². The molecule has 0 aliphatic carbocycles. The first-order chi connectivity index (χ1) is 4.74. The summed E-state index contributed by atoms with van der Waals surface area (Å²) in [4.78, 5) is 14.8. The van der Waals surface area contributed by atoms with E-state index in [0.717, 1.165) is 0 Å². The third-order valence-corrected chi connectivity index (χ3v) is 1.00. The molecule has 54 valence electrons. The van der Waals surface area contributed by atoms with Gasteiger partial charge in [-0.25, -0.2) is 4.79 Å². The Morgan fingerprint density at radius 2 is 2.40 bits per heavy atom. The minimum atomic E-state index is -1.34. The number of hydroxylamine groups is 2. The first kappa shape index (κ1) is 6.99. The zero-order chi connectivity index (χ0) is 7.56. The number of hydrogen-bond acceptors (Lipinski definition) is 4. The first-order valence-electron chi connectivity index (χ1n) is 2.78. The summed E-state index contributed by atoms with van der Waals surface area (Å²) in [5.41, 5.74) is 0. The van der Waals surface area contributed by atoms with Gasteiger partial charge in [0.15, 0.2) is 0 Å². The van der Waals surface area contributed by atoms with Crippen LogP contribution in [0.25, 0.3) is 0 Å². The molecule has 1 saturated heterocycles. The van der Waals surface area contributed by atoms with Gasteiger partial charge in [0, 0.05) is 13.1 Å². The lowest BCUT2D eigenvalue weighted by atomic mass is 10.4. The topological polar surface area (TPSA) is 73.3 Å². The van der Waals surface area contributed by atoms with Gasteiger partial charge < -0.3 is 5.11 Å². The summed E-state index contributed by atoms with van der Waals surface area (Å²) in [5, 5.41) is 17.9. The number of carboxylic acid groups (broad SMARTS) is 1. The van der Waals surface area contributed by atoms with Crippen LogP contribution < -0.4 is 0 Å². The van der Waals surface area contributed by atoms with Gasteiger partial charge in [0.05, 0.1) is 0 Å². The highest BCUT2D eigenvalue weighted by Gasteiger charge is 2.27. The maximum absolute atomic E-state index is 10.1. The number of carbonyl (C=O) groups is 1. The molecule has 10 heavy (non-hydrogen) atoms. The molecule has 0 radical (unpaired) electrons. The van der Waals surface area contributed by atoms with E-state index < -0.39 is 12.1 Å². The molecule has 1 unspecified atom stereocenters. The van der Waals surface area contributed by atoms with E-state index in [1.165, 1.54) is 11.1 Å². The number of nitrogens with zero attached hydrogens (tertiary/aromatic N) is 2. The first-order valence-corrected chi connectivity index (χ1v) is 2.78. The van der Waals surface area contributed by atoms with Crippen molar-refractivity contribution in [2.45, 2.75) is 6.10 Å². The van der Waals surface area contributed by atoms with E-state index in [-0.39, 0.29) is 0 Å². The van der Waals surface area contributed by atoms with Crippen LogP contribution in [0.15, 0.2) is 0 Å². The van der Waals surface area contributed by atoms with E-state index in [0.29, 0.717) is 13.1 Å². The van der Waals surface area contributed by atoms with Crippen LogP contribution in [0.5, 0.6) is 0 Å². The molecule has 0 aromatic rings. The third-order valence-electron chi connectivity index (χ3n) is 1.00.